The number of phenols is 1. The summed E-state index contributed by atoms with van der Waals surface area (Å²) in [4.78, 5) is 21.1. The standard InChI is InChI=1S/C7H3BrCl4O3.C7H6O3/c8-2-1-6(9,10)4(13)3(5(14)15)7(2,11)12;8-6-4-2-1-3-5(6)7(9)10/h1,13H,(H,14,15);1-4,8H,(H,9,10). The van der Waals surface area contributed by atoms with Crippen molar-refractivity contribution in [3.63, 3.8) is 0 Å². The zero-order chi connectivity index (χ0) is 19.6. The topological polar surface area (TPSA) is 115 Å². The molecular weight excluding hydrogens is 486 g/mol. The van der Waals surface area contributed by atoms with Gasteiger partial charge in [0.15, 0.2) is 8.67 Å². The second-order valence-corrected chi connectivity index (χ2v) is 8.11. The highest BCUT2D eigenvalue weighted by Crippen LogP contribution is 2.51. The summed E-state index contributed by atoms with van der Waals surface area (Å²) in [5.41, 5.74) is -0.743. The maximum absolute atomic E-state index is 10.9. The molecule has 0 amide bonds. The molecular formula is C14H9BrCl4O6. The van der Waals surface area contributed by atoms with Gasteiger partial charge >= 0.3 is 11.9 Å². The summed E-state index contributed by atoms with van der Waals surface area (Å²) in [5, 5.41) is 35.7. The van der Waals surface area contributed by atoms with Gasteiger partial charge in [-0.2, -0.15) is 0 Å². The fourth-order valence-corrected chi connectivity index (χ4v) is 3.31. The van der Waals surface area contributed by atoms with Crippen LogP contribution in [0, 0.1) is 0 Å². The first-order valence-corrected chi connectivity index (χ1v) is 8.46. The number of aliphatic hydroxyl groups is 1. The number of carboxylic acid groups (broad SMARTS) is 2. The summed E-state index contributed by atoms with van der Waals surface area (Å²) in [7, 11) is 0. The summed E-state index contributed by atoms with van der Waals surface area (Å²) >= 11 is 25.7. The van der Waals surface area contributed by atoms with E-state index in [2.05, 4.69) is 15.9 Å². The number of aliphatic hydroxyl groups excluding tert-OH is 1. The number of hydrogen-bond donors (Lipinski definition) is 4. The van der Waals surface area contributed by atoms with Crippen molar-refractivity contribution in [1.82, 2.24) is 0 Å². The van der Waals surface area contributed by atoms with Crippen LogP contribution in [0.5, 0.6) is 5.75 Å². The number of carbonyl (C=O) groups is 2. The third kappa shape index (κ3) is 4.95. The minimum Gasteiger partial charge on any atom is -0.508 e. The molecule has 0 aromatic heterocycles. The van der Waals surface area contributed by atoms with Crippen LogP contribution in [-0.2, 0) is 4.79 Å². The van der Waals surface area contributed by atoms with Crippen molar-refractivity contribution in [1.29, 1.82) is 0 Å². The molecule has 0 saturated heterocycles. The molecule has 0 saturated carbocycles. The van der Waals surface area contributed by atoms with E-state index in [0.717, 1.165) is 6.08 Å². The molecule has 4 N–H and O–H groups in total. The van der Waals surface area contributed by atoms with Crippen molar-refractivity contribution in [2.45, 2.75) is 8.67 Å². The maximum Gasteiger partial charge on any atom is 0.339 e. The lowest BCUT2D eigenvalue weighted by Gasteiger charge is -2.30. The Balaban J connectivity index is 0.000000271. The molecule has 0 unspecified atom stereocenters. The molecule has 11 heteroatoms. The average Bonchev–Trinajstić information content (AvgIpc) is 2.45. The van der Waals surface area contributed by atoms with Crippen LogP contribution >= 0.6 is 62.3 Å². The van der Waals surface area contributed by atoms with Crippen molar-refractivity contribution in [3.8, 4) is 5.75 Å². The molecule has 0 spiro atoms. The van der Waals surface area contributed by atoms with Crippen molar-refractivity contribution in [2.75, 3.05) is 0 Å². The van der Waals surface area contributed by atoms with Gasteiger partial charge in [0.2, 0.25) is 0 Å². The van der Waals surface area contributed by atoms with E-state index in [-0.39, 0.29) is 15.8 Å². The maximum atomic E-state index is 10.9. The third-order valence-electron chi connectivity index (χ3n) is 2.82. The van der Waals surface area contributed by atoms with Gasteiger partial charge in [-0.15, -0.1) is 0 Å². The molecule has 136 valence electrons. The number of benzene rings is 1. The minimum atomic E-state index is -1.91. The fourth-order valence-electron chi connectivity index (χ4n) is 1.64. The number of allylic oxidation sites excluding steroid dienone is 2. The van der Waals surface area contributed by atoms with Crippen LogP contribution in [-0.4, -0.2) is 41.0 Å². The molecule has 1 aromatic carbocycles. The first kappa shape index (κ1) is 21.9. The number of para-hydroxylation sites is 1. The smallest absolute Gasteiger partial charge is 0.339 e. The lowest BCUT2D eigenvalue weighted by atomic mass is 10.0. The van der Waals surface area contributed by atoms with Crippen LogP contribution < -0.4 is 0 Å². The molecule has 0 fully saturated rings. The number of rotatable bonds is 2. The number of aromatic hydroxyl groups is 1. The highest BCUT2D eigenvalue weighted by Gasteiger charge is 2.49. The summed E-state index contributed by atoms with van der Waals surface area (Å²) < 4.78 is -3.72. The van der Waals surface area contributed by atoms with Crippen LogP contribution in [0.25, 0.3) is 0 Å². The zero-order valence-corrected chi connectivity index (χ0v) is 16.5. The second-order valence-electron chi connectivity index (χ2n) is 4.54. The van der Waals surface area contributed by atoms with Crippen LogP contribution in [0.2, 0.25) is 0 Å². The third-order valence-corrected chi connectivity index (χ3v) is 5.46. The van der Waals surface area contributed by atoms with Crippen LogP contribution in [0.4, 0.5) is 0 Å². The minimum absolute atomic E-state index is 0.0542. The first-order valence-electron chi connectivity index (χ1n) is 6.15. The van der Waals surface area contributed by atoms with E-state index in [4.69, 9.17) is 61.7 Å². The molecule has 0 aliphatic heterocycles. The Morgan fingerprint density at radius 2 is 1.48 bits per heavy atom. The molecule has 0 atom stereocenters. The van der Waals surface area contributed by atoms with Crippen molar-refractivity contribution in [3.05, 3.63) is 51.7 Å². The molecule has 6 nitrogen and oxygen atoms in total. The van der Waals surface area contributed by atoms with Gasteiger partial charge in [0, 0.05) is 4.48 Å². The van der Waals surface area contributed by atoms with Gasteiger partial charge in [0.25, 0.3) is 0 Å². The van der Waals surface area contributed by atoms with Crippen molar-refractivity contribution < 1.29 is 30.0 Å². The van der Waals surface area contributed by atoms with E-state index in [9.17, 15) is 14.7 Å². The second kappa shape index (κ2) is 8.05. The van der Waals surface area contributed by atoms with E-state index in [1.54, 1.807) is 12.1 Å². The number of aromatic carboxylic acids is 1. The van der Waals surface area contributed by atoms with Crippen LogP contribution in [0.15, 0.2) is 46.2 Å². The number of carboxylic acids is 2. The molecule has 0 bridgehead atoms. The van der Waals surface area contributed by atoms with Gasteiger partial charge in [0.05, 0.1) is 0 Å². The SMILES string of the molecule is O=C(O)C1=C(O)C(Cl)(Cl)C=C(Br)C1(Cl)Cl.O=C(O)c1ccccc1O. The van der Waals surface area contributed by atoms with Gasteiger partial charge in [-0.3, -0.25) is 0 Å². The molecule has 0 radical (unpaired) electrons. The Bertz CT molecular complexity index is 772. The summed E-state index contributed by atoms with van der Waals surface area (Å²) in [6, 6.07) is 5.81. The molecule has 0 heterocycles. The quantitative estimate of drug-likeness (QED) is 0.446. The summed E-state index contributed by atoms with van der Waals surface area (Å²) in [5.74, 6) is -3.62. The Hall–Kier alpha value is -1.12. The van der Waals surface area contributed by atoms with Gasteiger partial charge in [-0.05, 0) is 18.2 Å². The summed E-state index contributed by atoms with van der Waals surface area (Å²) in [6.07, 6.45) is 1.11. The van der Waals surface area contributed by atoms with Gasteiger partial charge in [0.1, 0.15) is 22.6 Å². The van der Waals surface area contributed by atoms with E-state index in [1.165, 1.54) is 12.1 Å². The van der Waals surface area contributed by atoms with E-state index < -0.39 is 31.9 Å². The Kier molecular flexibility index (Phi) is 7.06. The van der Waals surface area contributed by atoms with E-state index >= 15 is 0 Å². The van der Waals surface area contributed by atoms with Crippen LogP contribution in [0.3, 0.4) is 0 Å². The molecule has 2 rings (SSSR count). The Morgan fingerprint density at radius 3 is 1.88 bits per heavy atom. The lowest BCUT2D eigenvalue weighted by Crippen LogP contribution is -2.34. The predicted molar refractivity (Wildman–Crippen MR) is 98.2 cm³/mol. The van der Waals surface area contributed by atoms with Gasteiger partial charge in [-0.25, -0.2) is 9.59 Å². The lowest BCUT2D eigenvalue weighted by molar-refractivity contribution is -0.133. The van der Waals surface area contributed by atoms with Gasteiger partial charge in [-0.1, -0.05) is 74.5 Å². The van der Waals surface area contributed by atoms with Crippen molar-refractivity contribution >= 4 is 74.3 Å². The highest BCUT2D eigenvalue weighted by atomic mass is 79.9. The number of halogens is 5. The fraction of sp³-hybridized carbons (Fsp3) is 0.143. The molecule has 1 aromatic rings. The normalized spacial score (nSPS) is 17.9. The number of aliphatic carboxylic acids is 1. The van der Waals surface area contributed by atoms with Crippen LogP contribution in [0.1, 0.15) is 10.4 Å². The molecule has 25 heavy (non-hydrogen) atoms. The molecule has 1 aliphatic carbocycles. The largest absolute Gasteiger partial charge is 0.508 e. The first-order chi connectivity index (χ1) is 11.3. The average molecular weight is 495 g/mol. The molecule has 1 aliphatic rings. The highest BCUT2D eigenvalue weighted by molar-refractivity contribution is 9.11. The predicted octanol–water partition coefficient (Wildman–Crippen LogP) is 4.61. The number of alkyl halides is 4. The van der Waals surface area contributed by atoms with E-state index in [1.807, 2.05) is 0 Å². The van der Waals surface area contributed by atoms with Gasteiger partial charge < -0.3 is 20.4 Å². The monoisotopic (exact) mass is 492 g/mol. The zero-order valence-electron chi connectivity index (χ0n) is 11.9. The number of hydrogen-bond acceptors (Lipinski definition) is 4. The Morgan fingerprint density at radius 1 is 0.960 bits per heavy atom. The van der Waals surface area contributed by atoms with E-state index in [0.29, 0.717) is 0 Å². The Labute approximate surface area is 170 Å². The summed E-state index contributed by atoms with van der Waals surface area (Å²) in [6.45, 7) is 0. The van der Waals surface area contributed by atoms with Crippen molar-refractivity contribution in [2.24, 2.45) is 0 Å².